The Morgan fingerprint density at radius 3 is 2.40 bits per heavy atom. The van der Waals surface area contributed by atoms with Gasteiger partial charge in [-0.1, -0.05) is 86.1 Å². The number of nitrogens with zero attached hydrogens (tertiary/aromatic N) is 1. The number of rotatable bonds is 5. The van der Waals surface area contributed by atoms with Crippen molar-refractivity contribution < 1.29 is 9.63 Å². The number of aliphatic hydroxyl groups excluding tert-OH is 1. The van der Waals surface area contributed by atoms with Crippen LogP contribution < -0.4 is 5.73 Å². The molecule has 3 aromatic rings. The molecule has 0 aliphatic rings. The van der Waals surface area contributed by atoms with Crippen LogP contribution in [0.25, 0.3) is 22.6 Å². The van der Waals surface area contributed by atoms with Crippen LogP contribution in [-0.4, -0.2) is 10.3 Å². The van der Waals surface area contributed by atoms with E-state index in [4.69, 9.17) is 21.9 Å². The van der Waals surface area contributed by atoms with Gasteiger partial charge in [0.2, 0.25) is 0 Å². The third-order valence-electron chi connectivity index (χ3n) is 4.98. The van der Waals surface area contributed by atoms with E-state index in [0.29, 0.717) is 27.6 Å². The van der Waals surface area contributed by atoms with Crippen molar-refractivity contribution in [1.29, 1.82) is 0 Å². The predicted octanol–water partition coefficient (Wildman–Crippen LogP) is 6.41. The molecule has 1 atom stereocenters. The summed E-state index contributed by atoms with van der Waals surface area (Å²) >= 11 is 6.18. The first-order valence-electron chi connectivity index (χ1n) is 9.85. The molecule has 0 aliphatic carbocycles. The van der Waals surface area contributed by atoms with E-state index in [9.17, 15) is 5.11 Å². The summed E-state index contributed by atoms with van der Waals surface area (Å²) in [5.74, 6) is 0.462. The summed E-state index contributed by atoms with van der Waals surface area (Å²) in [4.78, 5) is 0. The zero-order chi connectivity index (χ0) is 21.9. The van der Waals surface area contributed by atoms with Crippen molar-refractivity contribution in [1.82, 2.24) is 5.16 Å². The molecule has 1 unspecified atom stereocenters. The summed E-state index contributed by atoms with van der Waals surface area (Å²) in [6.45, 7) is 8.37. The number of hydrogen-bond donors (Lipinski definition) is 2. The first-order chi connectivity index (χ1) is 14.3. The number of benzene rings is 2. The Balaban J connectivity index is 2.19. The Hall–Kier alpha value is -2.82. The van der Waals surface area contributed by atoms with E-state index in [0.717, 1.165) is 11.1 Å². The molecule has 3 rings (SSSR count). The largest absolute Gasteiger partial charge is 0.404 e. The van der Waals surface area contributed by atoms with E-state index in [1.54, 1.807) is 18.2 Å². The zero-order valence-electron chi connectivity index (χ0n) is 17.7. The Kier molecular flexibility index (Phi) is 6.49. The fourth-order valence-corrected chi connectivity index (χ4v) is 3.51. The molecule has 1 heterocycles. The fraction of sp³-hybridized carbons (Fsp3) is 0.240. The van der Waals surface area contributed by atoms with Gasteiger partial charge >= 0.3 is 0 Å². The molecule has 0 amide bonds. The Morgan fingerprint density at radius 2 is 1.83 bits per heavy atom. The minimum atomic E-state index is -1.01. The van der Waals surface area contributed by atoms with Crippen LogP contribution in [0.5, 0.6) is 0 Å². The van der Waals surface area contributed by atoms with Crippen molar-refractivity contribution in [2.45, 2.75) is 39.2 Å². The predicted molar refractivity (Wildman–Crippen MR) is 123 cm³/mol. The number of allylic oxidation sites excluding steroid dienone is 1. The fourth-order valence-electron chi connectivity index (χ4n) is 3.32. The Morgan fingerprint density at radius 1 is 1.13 bits per heavy atom. The smallest absolute Gasteiger partial charge is 0.173 e. The summed E-state index contributed by atoms with van der Waals surface area (Å²) in [6.07, 6.45) is 3.98. The molecular weight excluding hydrogens is 396 g/mol. The number of aliphatic hydroxyl groups is 1. The van der Waals surface area contributed by atoms with Gasteiger partial charge in [0.15, 0.2) is 5.76 Å². The standard InChI is InChI=1S/C25H27ClN2O2/c1-5-7-18(15-27)23(29)21-22(16-10-12-19(13-11-16)25(2,3)4)28-30-24(21)17-8-6-9-20(26)14-17/h5-15,23,29H,27H2,1-4H3/b7-5-,18-15+. The van der Waals surface area contributed by atoms with Crippen LogP contribution in [0, 0.1) is 0 Å². The van der Waals surface area contributed by atoms with E-state index in [1.165, 1.54) is 11.8 Å². The lowest BCUT2D eigenvalue weighted by molar-refractivity contribution is 0.219. The van der Waals surface area contributed by atoms with E-state index in [-0.39, 0.29) is 5.41 Å². The zero-order valence-corrected chi connectivity index (χ0v) is 18.4. The lowest BCUT2D eigenvalue weighted by Gasteiger charge is -2.19. The summed E-state index contributed by atoms with van der Waals surface area (Å²) in [7, 11) is 0. The van der Waals surface area contributed by atoms with Gasteiger partial charge in [-0.25, -0.2) is 0 Å². The van der Waals surface area contributed by atoms with Crippen LogP contribution >= 0.6 is 11.6 Å². The van der Waals surface area contributed by atoms with Gasteiger partial charge in [-0.3, -0.25) is 0 Å². The Labute approximate surface area is 182 Å². The average molecular weight is 423 g/mol. The van der Waals surface area contributed by atoms with Crippen molar-refractivity contribution in [3.05, 3.63) is 88.6 Å². The van der Waals surface area contributed by atoms with Crippen molar-refractivity contribution >= 4 is 11.6 Å². The van der Waals surface area contributed by atoms with Crippen LogP contribution in [0.15, 0.2) is 77.0 Å². The van der Waals surface area contributed by atoms with Crippen molar-refractivity contribution in [2.24, 2.45) is 5.73 Å². The van der Waals surface area contributed by atoms with Crippen LogP contribution in [0.3, 0.4) is 0 Å². The average Bonchev–Trinajstić information content (AvgIpc) is 3.16. The van der Waals surface area contributed by atoms with Crippen molar-refractivity contribution in [2.75, 3.05) is 0 Å². The first-order valence-corrected chi connectivity index (χ1v) is 10.2. The molecule has 0 saturated heterocycles. The number of aromatic nitrogens is 1. The van der Waals surface area contributed by atoms with Gasteiger partial charge in [-0.15, -0.1) is 0 Å². The maximum absolute atomic E-state index is 11.2. The SMILES string of the molecule is C/C=C\C(=C/N)C(O)c1c(-c2ccc(C(C)(C)C)cc2)noc1-c1cccc(Cl)c1. The second-order valence-corrected chi connectivity index (χ2v) is 8.62. The molecule has 156 valence electrons. The third kappa shape index (κ3) is 4.50. The van der Waals surface area contributed by atoms with Crippen LogP contribution in [0.4, 0.5) is 0 Å². The molecule has 30 heavy (non-hydrogen) atoms. The normalized spacial score (nSPS) is 13.7. The lowest BCUT2D eigenvalue weighted by atomic mass is 9.86. The van der Waals surface area contributed by atoms with Crippen LogP contribution in [0.2, 0.25) is 5.02 Å². The molecule has 3 N–H and O–H groups in total. The highest BCUT2D eigenvalue weighted by molar-refractivity contribution is 6.30. The summed E-state index contributed by atoms with van der Waals surface area (Å²) in [5.41, 5.74) is 10.3. The molecule has 0 bridgehead atoms. The Bertz CT molecular complexity index is 1070. The monoisotopic (exact) mass is 422 g/mol. The van der Waals surface area contributed by atoms with Gasteiger partial charge in [0, 0.05) is 27.9 Å². The maximum Gasteiger partial charge on any atom is 0.173 e. The minimum absolute atomic E-state index is 0.0397. The molecular formula is C25H27ClN2O2. The first kappa shape index (κ1) is 21.9. The van der Waals surface area contributed by atoms with Gasteiger partial charge < -0.3 is 15.4 Å². The van der Waals surface area contributed by atoms with Gasteiger partial charge in [-0.05, 0) is 30.0 Å². The molecule has 0 spiro atoms. The highest BCUT2D eigenvalue weighted by Gasteiger charge is 2.27. The van der Waals surface area contributed by atoms with E-state index >= 15 is 0 Å². The second kappa shape index (κ2) is 8.90. The van der Waals surface area contributed by atoms with Crippen LogP contribution in [0.1, 0.15) is 44.9 Å². The lowest BCUT2D eigenvalue weighted by Crippen LogP contribution is -2.10. The molecule has 5 heteroatoms. The maximum atomic E-state index is 11.2. The molecule has 1 aromatic heterocycles. The van der Waals surface area contributed by atoms with E-state index in [1.807, 2.05) is 37.3 Å². The highest BCUT2D eigenvalue weighted by atomic mass is 35.5. The quantitative estimate of drug-likeness (QED) is 0.466. The number of hydrogen-bond acceptors (Lipinski definition) is 4. The number of halogens is 1. The molecule has 0 saturated carbocycles. The second-order valence-electron chi connectivity index (χ2n) is 8.18. The van der Waals surface area contributed by atoms with Gasteiger partial charge in [0.05, 0.1) is 5.56 Å². The van der Waals surface area contributed by atoms with Crippen LogP contribution in [-0.2, 0) is 5.41 Å². The third-order valence-corrected chi connectivity index (χ3v) is 5.21. The molecule has 2 aromatic carbocycles. The summed E-state index contributed by atoms with van der Waals surface area (Å²) in [6, 6.07) is 15.4. The van der Waals surface area contributed by atoms with Crippen molar-refractivity contribution in [3.63, 3.8) is 0 Å². The van der Waals surface area contributed by atoms with E-state index in [2.05, 4.69) is 38.1 Å². The molecule has 4 nitrogen and oxygen atoms in total. The van der Waals surface area contributed by atoms with Gasteiger partial charge in [0.25, 0.3) is 0 Å². The number of nitrogens with two attached hydrogens (primary N) is 1. The summed E-state index contributed by atoms with van der Waals surface area (Å²) in [5, 5.41) is 16.1. The molecule has 0 fully saturated rings. The molecule has 0 aliphatic heterocycles. The van der Waals surface area contributed by atoms with E-state index < -0.39 is 6.10 Å². The van der Waals surface area contributed by atoms with Gasteiger partial charge in [0.1, 0.15) is 11.8 Å². The van der Waals surface area contributed by atoms with Gasteiger partial charge in [-0.2, -0.15) is 0 Å². The minimum Gasteiger partial charge on any atom is -0.404 e. The highest BCUT2D eigenvalue weighted by Crippen LogP contribution is 2.40. The van der Waals surface area contributed by atoms with Crippen molar-refractivity contribution in [3.8, 4) is 22.6 Å². The molecule has 0 radical (unpaired) electrons. The topological polar surface area (TPSA) is 72.3 Å². The summed E-state index contributed by atoms with van der Waals surface area (Å²) < 4.78 is 5.72.